The zero-order valence-electron chi connectivity index (χ0n) is 16.9. The maximum absolute atomic E-state index is 2.12. The molecule has 0 unspecified atom stereocenters. The number of rotatable bonds is 0. The SMILES string of the molecule is C1=CC=CCC=CC=CC=C\C=C/C=C\C=C/C=CC=C\C=C/C=C\C=C/C=C1. The second-order valence-electron chi connectivity index (χ2n) is 5.71. The van der Waals surface area contributed by atoms with Crippen molar-refractivity contribution < 1.29 is 0 Å². The molecule has 0 spiro atoms. The van der Waals surface area contributed by atoms with E-state index in [0.29, 0.717) is 0 Å². The van der Waals surface area contributed by atoms with Crippen molar-refractivity contribution in [1.82, 2.24) is 0 Å². The van der Waals surface area contributed by atoms with Crippen LogP contribution in [0.3, 0.4) is 0 Å². The number of allylic oxidation sites excluding steroid dienone is 28. The van der Waals surface area contributed by atoms with E-state index in [1.54, 1.807) is 0 Å². The van der Waals surface area contributed by atoms with E-state index in [9.17, 15) is 0 Å². The zero-order chi connectivity index (χ0) is 20.5. The van der Waals surface area contributed by atoms with E-state index in [4.69, 9.17) is 0 Å². The molecular formula is C29H30. The molecule has 0 heterocycles. The largest absolute Gasteiger partial charge is 0.0807 e. The molecule has 0 atom stereocenters. The summed E-state index contributed by atoms with van der Waals surface area (Å²) >= 11 is 0. The van der Waals surface area contributed by atoms with Gasteiger partial charge in [0.1, 0.15) is 0 Å². The molecule has 1 rings (SSSR count). The molecule has 29 heavy (non-hydrogen) atoms. The lowest BCUT2D eigenvalue weighted by Gasteiger charge is -1.79. The molecule has 0 aromatic rings. The Balaban J connectivity index is 2.64. The van der Waals surface area contributed by atoms with E-state index in [2.05, 4.69) is 24.3 Å². The highest BCUT2D eigenvalue weighted by Gasteiger charge is 1.69. The molecule has 0 N–H and O–H groups in total. The molecule has 0 bridgehead atoms. The van der Waals surface area contributed by atoms with Crippen molar-refractivity contribution in [3.63, 3.8) is 0 Å². The molecular weight excluding hydrogens is 348 g/mol. The molecule has 0 fully saturated rings. The minimum Gasteiger partial charge on any atom is -0.0807 e. The van der Waals surface area contributed by atoms with Crippen LogP contribution in [0.1, 0.15) is 6.42 Å². The molecule has 0 amide bonds. The average molecular weight is 379 g/mol. The summed E-state index contributed by atoms with van der Waals surface area (Å²) in [5.41, 5.74) is 0. The molecule has 0 aromatic heterocycles. The number of hydrogen-bond donors (Lipinski definition) is 0. The minimum atomic E-state index is 0.920. The Morgan fingerprint density at radius 2 is 0.310 bits per heavy atom. The van der Waals surface area contributed by atoms with Crippen molar-refractivity contribution >= 4 is 0 Å². The van der Waals surface area contributed by atoms with Crippen LogP contribution >= 0.6 is 0 Å². The van der Waals surface area contributed by atoms with Gasteiger partial charge in [-0.3, -0.25) is 0 Å². The maximum Gasteiger partial charge on any atom is -0.0163 e. The Morgan fingerprint density at radius 3 is 0.483 bits per heavy atom. The van der Waals surface area contributed by atoms with Gasteiger partial charge in [0.15, 0.2) is 0 Å². The van der Waals surface area contributed by atoms with Gasteiger partial charge in [-0.25, -0.2) is 0 Å². The van der Waals surface area contributed by atoms with Crippen LogP contribution in [-0.4, -0.2) is 0 Å². The third-order valence-electron chi connectivity index (χ3n) is 3.32. The van der Waals surface area contributed by atoms with Crippen molar-refractivity contribution in [3.05, 3.63) is 170 Å². The van der Waals surface area contributed by atoms with E-state index < -0.39 is 0 Å². The number of hydrogen-bond acceptors (Lipinski definition) is 0. The van der Waals surface area contributed by atoms with Crippen LogP contribution < -0.4 is 0 Å². The smallest absolute Gasteiger partial charge is 0.0163 e. The van der Waals surface area contributed by atoms with E-state index in [1.807, 2.05) is 146 Å². The monoisotopic (exact) mass is 378 g/mol. The van der Waals surface area contributed by atoms with Crippen LogP contribution in [0.5, 0.6) is 0 Å². The van der Waals surface area contributed by atoms with Gasteiger partial charge in [0.2, 0.25) is 0 Å². The predicted molar refractivity (Wildman–Crippen MR) is 133 cm³/mol. The third kappa shape index (κ3) is 18.9. The van der Waals surface area contributed by atoms with Crippen LogP contribution in [0.2, 0.25) is 0 Å². The Hall–Kier alpha value is -3.64. The lowest BCUT2D eigenvalue weighted by molar-refractivity contribution is 1.39. The van der Waals surface area contributed by atoms with Gasteiger partial charge in [-0.05, 0) is 6.42 Å². The lowest BCUT2D eigenvalue weighted by atomic mass is 10.3. The Kier molecular flexibility index (Phi) is 16.7. The van der Waals surface area contributed by atoms with Crippen molar-refractivity contribution in [2.24, 2.45) is 0 Å². The molecule has 0 saturated heterocycles. The molecule has 1 aliphatic rings. The van der Waals surface area contributed by atoms with Gasteiger partial charge >= 0.3 is 0 Å². The second kappa shape index (κ2) is 20.7. The van der Waals surface area contributed by atoms with E-state index in [1.165, 1.54) is 0 Å². The predicted octanol–water partition coefficient (Wildman–Crippen LogP) is 8.18. The fraction of sp³-hybridized carbons (Fsp3) is 0.0345. The molecule has 0 nitrogen and oxygen atoms in total. The first-order chi connectivity index (χ1) is 14.5. The van der Waals surface area contributed by atoms with Gasteiger partial charge < -0.3 is 0 Å². The third-order valence-corrected chi connectivity index (χ3v) is 3.32. The first-order valence-corrected chi connectivity index (χ1v) is 9.82. The summed E-state index contributed by atoms with van der Waals surface area (Å²) in [6.07, 6.45) is 57.5. The van der Waals surface area contributed by atoms with Crippen molar-refractivity contribution in [2.45, 2.75) is 6.42 Å². The van der Waals surface area contributed by atoms with Crippen LogP contribution in [0.15, 0.2) is 170 Å². The summed E-state index contributed by atoms with van der Waals surface area (Å²) in [4.78, 5) is 0. The van der Waals surface area contributed by atoms with Gasteiger partial charge in [0.05, 0.1) is 0 Å². The summed E-state index contributed by atoms with van der Waals surface area (Å²) in [5.74, 6) is 0. The van der Waals surface area contributed by atoms with Gasteiger partial charge in [-0.2, -0.15) is 0 Å². The van der Waals surface area contributed by atoms with Crippen LogP contribution in [0.25, 0.3) is 0 Å². The first kappa shape index (κ1) is 23.4. The van der Waals surface area contributed by atoms with Gasteiger partial charge in [0.25, 0.3) is 0 Å². The molecule has 146 valence electrons. The minimum absolute atomic E-state index is 0.920. The Labute approximate surface area is 176 Å². The van der Waals surface area contributed by atoms with Gasteiger partial charge in [-0.15, -0.1) is 0 Å². The van der Waals surface area contributed by atoms with Gasteiger partial charge in [0, 0.05) is 0 Å². The van der Waals surface area contributed by atoms with E-state index >= 15 is 0 Å². The molecule has 0 radical (unpaired) electrons. The van der Waals surface area contributed by atoms with Crippen molar-refractivity contribution in [2.75, 3.05) is 0 Å². The summed E-state index contributed by atoms with van der Waals surface area (Å²) < 4.78 is 0. The standard InChI is InChI=1S/C29H30/c1-2-4-6-8-10-12-14-16-18-20-22-24-26-28-29-27-25-23-21-19-17-15-13-11-9-7-5-3-1/h1-28H,29H2/b3-1?,4-2?,7-5-,8-6-,11-9-,12-10-,15-13-,16-14-,19-17?,20-18?,23-21?,24-22?,27-25?,28-26?. The molecule has 0 saturated carbocycles. The summed E-state index contributed by atoms with van der Waals surface area (Å²) in [6.45, 7) is 0. The first-order valence-electron chi connectivity index (χ1n) is 9.82. The van der Waals surface area contributed by atoms with Crippen molar-refractivity contribution in [1.29, 1.82) is 0 Å². The van der Waals surface area contributed by atoms with Crippen LogP contribution in [0, 0.1) is 0 Å². The summed E-state index contributed by atoms with van der Waals surface area (Å²) in [6, 6.07) is 0. The average Bonchev–Trinajstić information content (AvgIpc) is 2.73. The van der Waals surface area contributed by atoms with Crippen LogP contribution in [-0.2, 0) is 0 Å². The Bertz CT molecular complexity index is 747. The summed E-state index contributed by atoms with van der Waals surface area (Å²) in [7, 11) is 0. The quantitative estimate of drug-likeness (QED) is 0.398. The normalized spacial score (nSPS) is 22.9. The van der Waals surface area contributed by atoms with Crippen LogP contribution in [0.4, 0.5) is 0 Å². The lowest BCUT2D eigenvalue weighted by Crippen LogP contribution is -1.58. The Morgan fingerprint density at radius 1 is 0.172 bits per heavy atom. The fourth-order valence-electron chi connectivity index (χ4n) is 1.93. The van der Waals surface area contributed by atoms with E-state index in [0.717, 1.165) is 6.42 Å². The topological polar surface area (TPSA) is 0 Å². The second-order valence-corrected chi connectivity index (χ2v) is 5.71. The zero-order valence-corrected chi connectivity index (χ0v) is 16.9. The molecule has 0 aliphatic heterocycles. The highest BCUT2D eigenvalue weighted by atomic mass is 13.8. The molecule has 0 heteroatoms. The highest BCUT2D eigenvalue weighted by molar-refractivity contribution is 5.24. The van der Waals surface area contributed by atoms with Gasteiger partial charge in [-0.1, -0.05) is 170 Å². The van der Waals surface area contributed by atoms with Crippen molar-refractivity contribution in [3.8, 4) is 0 Å². The maximum atomic E-state index is 2.12. The highest BCUT2D eigenvalue weighted by Crippen LogP contribution is 1.91. The fourth-order valence-corrected chi connectivity index (χ4v) is 1.93. The van der Waals surface area contributed by atoms with E-state index in [-0.39, 0.29) is 0 Å². The molecule has 0 aromatic carbocycles. The molecule has 1 aliphatic carbocycles. The summed E-state index contributed by atoms with van der Waals surface area (Å²) in [5, 5.41) is 0.